The second-order valence-electron chi connectivity index (χ2n) is 5.52. The zero-order valence-corrected chi connectivity index (χ0v) is 15.5. The predicted octanol–water partition coefficient (Wildman–Crippen LogP) is 5.63. The van der Waals surface area contributed by atoms with Gasteiger partial charge in [-0.05, 0) is 42.5 Å². The van der Waals surface area contributed by atoms with Gasteiger partial charge in [-0.3, -0.25) is 0 Å². The van der Waals surface area contributed by atoms with E-state index in [1.807, 2.05) is 5.32 Å². The number of sulfone groups is 1. The van der Waals surface area contributed by atoms with Crippen LogP contribution in [0, 0.1) is 11.3 Å². The number of benzene rings is 2. The van der Waals surface area contributed by atoms with Gasteiger partial charge in [-0.15, -0.1) is 0 Å². The van der Waals surface area contributed by atoms with E-state index in [2.05, 4.69) is 0 Å². The van der Waals surface area contributed by atoms with Gasteiger partial charge in [-0.1, -0.05) is 11.6 Å². The highest BCUT2D eigenvalue weighted by Gasteiger charge is 2.37. The molecule has 0 aliphatic rings. The zero-order chi connectivity index (χ0) is 22.0. The van der Waals surface area contributed by atoms with Crippen molar-refractivity contribution in [2.75, 3.05) is 5.32 Å². The first-order valence-corrected chi connectivity index (χ1v) is 9.28. The van der Waals surface area contributed by atoms with Gasteiger partial charge in [0.05, 0.1) is 16.0 Å². The van der Waals surface area contributed by atoms with Crippen molar-refractivity contribution < 1.29 is 34.8 Å². The van der Waals surface area contributed by atoms with Gasteiger partial charge in [0.25, 0.3) is 0 Å². The molecule has 0 bridgehead atoms. The van der Waals surface area contributed by atoms with Crippen LogP contribution in [0.2, 0.25) is 5.02 Å². The van der Waals surface area contributed by atoms with E-state index in [0.29, 0.717) is 18.3 Å². The quantitative estimate of drug-likeness (QED) is 0.480. The summed E-state index contributed by atoms with van der Waals surface area (Å²) in [5.41, 5.74) is -3.89. The maximum Gasteiger partial charge on any atom is 0.416 e. The van der Waals surface area contributed by atoms with E-state index >= 15 is 0 Å². The van der Waals surface area contributed by atoms with Crippen LogP contribution < -0.4 is 5.32 Å². The van der Waals surface area contributed by atoms with E-state index in [1.54, 1.807) is 0 Å². The summed E-state index contributed by atoms with van der Waals surface area (Å²) in [7, 11) is -4.38. The minimum atomic E-state index is -5.07. The first kappa shape index (κ1) is 22.6. The molecule has 0 aliphatic heterocycles. The van der Waals surface area contributed by atoms with Crippen molar-refractivity contribution in [2.24, 2.45) is 0 Å². The summed E-state index contributed by atoms with van der Waals surface area (Å²) < 4.78 is 102. The normalized spacial score (nSPS) is 13.1. The lowest BCUT2D eigenvalue weighted by Crippen LogP contribution is -2.12. The number of nitriles is 1. The lowest BCUT2D eigenvalue weighted by molar-refractivity contribution is -0.143. The van der Waals surface area contributed by atoms with Crippen molar-refractivity contribution in [1.29, 1.82) is 5.26 Å². The first-order valence-electron chi connectivity index (χ1n) is 7.42. The molecule has 0 radical (unpaired) electrons. The van der Waals surface area contributed by atoms with Crippen molar-refractivity contribution >= 4 is 27.1 Å². The molecule has 0 spiro atoms. The van der Waals surface area contributed by atoms with Crippen molar-refractivity contribution in [3.63, 3.8) is 0 Å². The molecule has 0 aromatic heterocycles. The van der Waals surface area contributed by atoms with Crippen molar-refractivity contribution in [2.45, 2.75) is 17.2 Å². The van der Waals surface area contributed by atoms with Gasteiger partial charge in [0.2, 0.25) is 9.84 Å². The molecule has 0 aliphatic carbocycles. The van der Waals surface area contributed by atoms with E-state index < -0.39 is 43.9 Å². The second-order valence-corrected chi connectivity index (χ2v) is 7.87. The average molecular weight is 455 g/mol. The van der Waals surface area contributed by atoms with Crippen LogP contribution in [0.15, 0.2) is 58.5 Å². The topological polar surface area (TPSA) is 70.0 Å². The molecule has 4 nitrogen and oxygen atoms in total. The molecule has 1 N–H and O–H groups in total. The summed E-state index contributed by atoms with van der Waals surface area (Å²) in [6.07, 6.45) is -9.64. The Morgan fingerprint density at radius 1 is 0.966 bits per heavy atom. The molecule has 0 saturated carbocycles. The highest BCUT2D eigenvalue weighted by Crippen LogP contribution is 2.37. The SMILES string of the molecule is N#CC(=CNc1cc(C(F)(F)F)cc(C(F)(F)F)c1)S(=O)(=O)c1ccc(Cl)cc1. The van der Waals surface area contributed by atoms with Crippen molar-refractivity contribution in [3.05, 3.63) is 69.7 Å². The summed E-state index contributed by atoms with van der Waals surface area (Å²) in [6, 6.07) is 6.64. The van der Waals surface area contributed by atoms with Crippen LogP contribution in [0.3, 0.4) is 0 Å². The molecule has 12 heteroatoms. The minimum absolute atomic E-state index is 0.0788. The van der Waals surface area contributed by atoms with Crippen LogP contribution in [0.25, 0.3) is 0 Å². The third-order valence-electron chi connectivity index (χ3n) is 3.48. The first-order chi connectivity index (χ1) is 13.2. The van der Waals surface area contributed by atoms with E-state index in [0.717, 1.165) is 12.1 Å². The highest BCUT2D eigenvalue weighted by atomic mass is 35.5. The second kappa shape index (κ2) is 7.96. The molecule has 2 aromatic rings. The maximum absolute atomic E-state index is 12.9. The standard InChI is InChI=1S/C17H9ClF6N2O2S/c18-12-1-3-14(4-2-12)29(27,28)15(8-25)9-26-13-6-10(16(19,20)21)5-11(7-13)17(22,23)24/h1-7,9,26H. The monoisotopic (exact) mass is 454 g/mol. The molecule has 0 saturated heterocycles. The fourth-order valence-electron chi connectivity index (χ4n) is 2.10. The molecule has 0 fully saturated rings. The fourth-order valence-corrected chi connectivity index (χ4v) is 3.31. The minimum Gasteiger partial charge on any atom is -0.360 e. The Hall–Kier alpha value is -2.71. The van der Waals surface area contributed by atoms with E-state index in [4.69, 9.17) is 16.9 Å². The molecule has 2 aromatic carbocycles. The van der Waals surface area contributed by atoms with E-state index in [-0.39, 0.29) is 16.0 Å². The van der Waals surface area contributed by atoms with Crippen molar-refractivity contribution in [1.82, 2.24) is 0 Å². The van der Waals surface area contributed by atoms with E-state index in [9.17, 15) is 34.8 Å². The van der Waals surface area contributed by atoms with Crippen LogP contribution in [-0.4, -0.2) is 8.42 Å². The van der Waals surface area contributed by atoms with Gasteiger partial charge in [-0.2, -0.15) is 31.6 Å². The number of rotatable bonds is 4. The zero-order valence-electron chi connectivity index (χ0n) is 13.9. The molecule has 0 atom stereocenters. The van der Waals surface area contributed by atoms with Crippen LogP contribution >= 0.6 is 11.6 Å². The Morgan fingerprint density at radius 3 is 1.86 bits per heavy atom. The van der Waals surface area contributed by atoms with Gasteiger partial charge in [0.15, 0.2) is 4.91 Å². The number of hydrogen-bond donors (Lipinski definition) is 1. The number of allylic oxidation sites excluding steroid dienone is 1. The average Bonchev–Trinajstić information content (AvgIpc) is 2.60. The Morgan fingerprint density at radius 2 is 1.45 bits per heavy atom. The maximum atomic E-state index is 12.9. The van der Waals surface area contributed by atoms with Gasteiger partial charge in [-0.25, -0.2) is 8.42 Å². The summed E-state index contributed by atoms with van der Waals surface area (Å²) >= 11 is 5.65. The van der Waals surface area contributed by atoms with Crippen LogP contribution in [0.5, 0.6) is 0 Å². The fraction of sp³-hybridized carbons (Fsp3) is 0.118. The van der Waals surface area contributed by atoms with E-state index in [1.165, 1.54) is 18.2 Å². The largest absolute Gasteiger partial charge is 0.416 e. The Bertz CT molecular complexity index is 1050. The lowest BCUT2D eigenvalue weighted by Gasteiger charge is -2.14. The molecule has 0 amide bonds. The Kier molecular flexibility index (Phi) is 6.20. The highest BCUT2D eigenvalue weighted by molar-refractivity contribution is 7.95. The molecule has 154 valence electrons. The molecule has 29 heavy (non-hydrogen) atoms. The number of anilines is 1. The predicted molar refractivity (Wildman–Crippen MR) is 92.4 cm³/mol. The number of halogens is 7. The van der Waals surface area contributed by atoms with Crippen LogP contribution in [0.1, 0.15) is 11.1 Å². The summed E-state index contributed by atoms with van der Waals surface area (Å²) in [5.74, 6) is 0. The summed E-state index contributed by atoms with van der Waals surface area (Å²) in [4.78, 5) is -1.26. The molecular formula is C17H9ClF6N2O2S. The Balaban J connectivity index is 2.47. The van der Waals surface area contributed by atoms with Gasteiger partial charge < -0.3 is 5.32 Å². The lowest BCUT2D eigenvalue weighted by atomic mass is 10.1. The summed E-state index contributed by atoms with van der Waals surface area (Å²) in [6.45, 7) is 0. The molecular weight excluding hydrogens is 446 g/mol. The summed E-state index contributed by atoms with van der Waals surface area (Å²) in [5, 5.41) is 11.3. The van der Waals surface area contributed by atoms with Gasteiger partial charge >= 0.3 is 12.4 Å². The van der Waals surface area contributed by atoms with Gasteiger partial charge in [0.1, 0.15) is 6.07 Å². The number of nitrogens with one attached hydrogen (secondary N) is 1. The molecule has 0 heterocycles. The van der Waals surface area contributed by atoms with Gasteiger partial charge in [0, 0.05) is 16.9 Å². The third-order valence-corrected chi connectivity index (χ3v) is 5.41. The number of hydrogen-bond acceptors (Lipinski definition) is 4. The third kappa shape index (κ3) is 5.42. The molecule has 2 rings (SSSR count). The van der Waals surface area contributed by atoms with Crippen LogP contribution in [-0.2, 0) is 22.2 Å². The molecule has 0 unspecified atom stereocenters. The smallest absolute Gasteiger partial charge is 0.360 e. The van der Waals surface area contributed by atoms with Crippen molar-refractivity contribution in [3.8, 4) is 6.07 Å². The number of nitrogens with zero attached hydrogens (tertiary/aromatic N) is 1. The Labute approximate surface area is 165 Å². The van der Waals surface area contributed by atoms with Crippen LogP contribution in [0.4, 0.5) is 32.0 Å². The number of alkyl halides is 6.